The highest BCUT2D eigenvalue weighted by Gasteiger charge is 2.23. The van der Waals surface area contributed by atoms with E-state index in [1.165, 1.54) is 12.1 Å². The molecule has 106 valence electrons. The van der Waals surface area contributed by atoms with Crippen molar-refractivity contribution in [3.63, 3.8) is 0 Å². The SMILES string of the molecule is O=C(O)c1cc(Br)c(C(=O)O)c(C(=O)c2ccccc2)c1. The van der Waals surface area contributed by atoms with Crippen LogP contribution in [0.2, 0.25) is 0 Å². The Balaban J connectivity index is 2.68. The van der Waals surface area contributed by atoms with Gasteiger partial charge in [0.05, 0.1) is 11.1 Å². The summed E-state index contributed by atoms with van der Waals surface area (Å²) >= 11 is 3.01. The van der Waals surface area contributed by atoms with Crippen LogP contribution in [0, 0.1) is 0 Å². The first-order chi connectivity index (χ1) is 9.91. The first kappa shape index (κ1) is 14.9. The van der Waals surface area contributed by atoms with Gasteiger partial charge in [0.25, 0.3) is 0 Å². The maximum absolute atomic E-state index is 12.4. The highest BCUT2D eigenvalue weighted by molar-refractivity contribution is 9.10. The Labute approximate surface area is 128 Å². The summed E-state index contributed by atoms with van der Waals surface area (Å²) in [4.78, 5) is 34.8. The van der Waals surface area contributed by atoms with Crippen LogP contribution in [0.4, 0.5) is 0 Å². The highest BCUT2D eigenvalue weighted by atomic mass is 79.9. The average molecular weight is 349 g/mol. The Hall–Kier alpha value is -2.47. The number of carbonyl (C=O) groups is 3. The standard InChI is InChI=1S/C15H9BrO5/c16-11-7-9(14(18)19)6-10(12(11)15(20)21)13(17)8-4-2-1-3-5-8/h1-7H,(H,18,19)(H,20,21). The van der Waals surface area contributed by atoms with Gasteiger partial charge in [-0.3, -0.25) is 4.79 Å². The van der Waals surface area contributed by atoms with Crippen LogP contribution in [0.15, 0.2) is 46.9 Å². The molecule has 0 spiro atoms. The van der Waals surface area contributed by atoms with Crippen molar-refractivity contribution in [2.45, 2.75) is 0 Å². The second-order valence-corrected chi connectivity index (χ2v) is 5.04. The van der Waals surface area contributed by atoms with E-state index in [2.05, 4.69) is 15.9 Å². The van der Waals surface area contributed by atoms with Crippen LogP contribution in [0.1, 0.15) is 36.6 Å². The third kappa shape index (κ3) is 3.00. The lowest BCUT2D eigenvalue weighted by molar-refractivity contribution is 0.0678. The third-order valence-electron chi connectivity index (χ3n) is 2.83. The topological polar surface area (TPSA) is 91.7 Å². The van der Waals surface area contributed by atoms with E-state index in [9.17, 15) is 19.5 Å². The predicted octanol–water partition coefficient (Wildman–Crippen LogP) is 3.08. The molecule has 5 nitrogen and oxygen atoms in total. The van der Waals surface area contributed by atoms with E-state index < -0.39 is 17.7 Å². The van der Waals surface area contributed by atoms with Crippen molar-refractivity contribution >= 4 is 33.7 Å². The minimum Gasteiger partial charge on any atom is -0.478 e. The van der Waals surface area contributed by atoms with Crippen molar-refractivity contribution < 1.29 is 24.6 Å². The number of halogens is 1. The number of carboxylic acid groups (broad SMARTS) is 2. The number of carbonyl (C=O) groups excluding carboxylic acids is 1. The number of benzene rings is 2. The molecule has 0 amide bonds. The van der Waals surface area contributed by atoms with E-state index in [0.29, 0.717) is 0 Å². The zero-order valence-corrected chi connectivity index (χ0v) is 12.1. The minimum absolute atomic E-state index is 0.0502. The molecule has 2 N–H and O–H groups in total. The molecule has 21 heavy (non-hydrogen) atoms. The van der Waals surface area contributed by atoms with Gasteiger partial charge in [0, 0.05) is 15.6 Å². The van der Waals surface area contributed by atoms with Crippen molar-refractivity contribution in [3.05, 3.63) is 69.2 Å². The zero-order valence-electron chi connectivity index (χ0n) is 10.5. The first-order valence-corrected chi connectivity index (χ1v) is 6.61. The van der Waals surface area contributed by atoms with Crippen LogP contribution in [0.5, 0.6) is 0 Å². The molecule has 0 saturated carbocycles. The van der Waals surface area contributed by atoms with Gasteiger partial charge in [0.15, 0.2) is 5.78 Å². The smallest absolute Gasteiger partial charge is 0.337 e. The largest absolute Gasteiger partial charge is 0.478 e. The second kappa shape index (κ2) is 5.88. The van der Waals surface area contributed by atoms with E-state index in [0.717, 1.165) is 12.1 Å². The lowest BCUT2D eigenvalue weighted by Crippen LogP contribution is -2.13. The van der Waals surface area contributed by atoms with Crippen LogP contribution in [-0.2, 0) is 0 Å². The number of ketones is 1. The highest BCUT2D eigenvalue weighted by Crippen LogP contribution is 2.25. The van der Waals surface area contributed by atoms with Gasteiger partial charge in [-0.25, -0.2) is 9.59 Å². The van der Waals surface area contributed by atoms with Gasteiger partial charge >= 0.3 is 11.9 Å². The van der Waals surface area contributed by atoms with Crippen molar-refractivity contribution in [1.82, 2.24) is 0 Å². The normalized spacial score (nSPS) is 10.1. The molecule has 2 rings (SSSR count). The van der Waals surface area contributed by atoms with Gasteiger partial charge in [0.1, 0.15) is 0 Å². The number of rotatable bonds is 4. The molecular weight excluding hydrogens is 340 g/mol. The summed E-state index contributed by atoms with van der Waals surface area (Å²) < 4.78 is 0.0502. The summed E-state index contributed by atoms with van der Waals surface area (Å²) in [7, 11) is 0. The fourth-order valence-electron chi connectivity index (χ4n) is 1.87. The maximum Gasteiger partial charge on any atom is 0.337 e. The molecule has 0 saturated heterocycles. The average Bonchev–Trinajstić information content (AvgIpc) is 2.46. The number of hydrogen-bond donors (Lipinski definition) is 2. The van der Waals surface area contributed by atoms with Crippen LogP contribution < -0.4 is 0 Å². The Bertz CT molecular complexity index is 737. The molecule has 0 heterocycles. The van der Waals surface area contributed by atoms with Gasteiger partial charge in [-0.2, -0.15) is 0 Å². The van der Waals surface area contributed by atoms with Crippen molar-refractivity contribution in [1.29, 1.82) is 0 Å². The van der Waals surface area contributed by atoms with Crippen LogP contribution >= 0.6 is 15.9 Å². The zero-order chi connectivity index (χ0) is 15.6. The molecule has 0 aliphatic heterocycles. The Morgan fingerprint density at radius 1 is 0.857 bits per heavy atom. The Morgan fingerprint density at radius 3 is 2.00 bits per heavy atom. The lowest BCUT2D eigenvalue weighted by atomic mass is 9.96. The first-order valence-electron chi connectivity index (χ1n) is 5.81. The van der Waals surface area contributed by atoms with E-state index in [1.807, 2.05) is 0 Å². The van der Waals surface area contributed by atoms with Crippen LogP contribution in [0.25, 0.3) is 0 Å². The fraction of sp³-hybridized carbons (Fsp3) is 0. The fourth-order valence-corrected chi connectivity index (χ4v) is 2.50. The quantitative estimate of drug-likeness (QED) is 0.828. The summed E-state index contributed by atoms with van der Waals surface area (Å²) in [6.07, 6.45) is 0. The number of hydrogen-bond acceptors (Lipinski definition) is 3. The Kier molecular flexibility index (Phi) is 4.18. The summed E-state index contributed by atoms with van der Waals surface area (Å²) in [6, 6.07) is 10.3. The lowest BCUT2D eigenvalue weighted by Gasteiger charge is -2.09. The molecule has 2 aromatic carbocycles. The third-order valence-corrected chi connectivity index (χ3v) is 3.46. The molecule has 0 aromatic heterocycles. The second-order valence-electron chi connectivity index (χ2n) is 4.19. The predicted molar refractivity (Wildman–Crippen MR) is 77.9 cm³/mol. The molecular formula is C15H9BrO5. The van der Waals surface area contributed by atoms with Gasteiger partial charge in [0.2, 0.25) is 0 Å². The molecule has 0 bridgehead atoms. The molecule has 2 aromatic rings. The summed E-state index contributed by atoms with van der Waals surface area (Å²) in [5, 5.41) is 18.3. The van der Waals surface area contributed by atoms with Crippen molar-refractivity contribution in [2.24, 2.45) is 0 Å². The van der Waals surface area contributed by atoms with Crippen LogP contribution in [-0.4, -0.2) is 27.9 Å². The number of carboxylic acids is 2. The van der Waals surface area contributed by atoms with E-state index in [-0.39, 0.29) is 26.7 Å². The number of aromatic carboxylic acids is 2. The molecule has 0 unspecified atom stereocenters. The molecule has 0 fully saturated rings. The molecule has 0 aliphatic rings. The molecule has 6 heteroatoms. The molecule has 0 atom stereocenters. The molecule has 0 aliphatic carbocycles. The summed E-state index contributed by atoms with van der Waals surface area (Å²) in [5.41, 5.74) is -0.296. The van der Waals surface area contributed by atoms with Gasteiger partial charge < -0.3 is 10.2 Å². The van der Waals surface area contributed by atoms with Gasteiger partial charge in [-0.1, -0.05) is 30.3 Å². The van der Waals surface area contributed by atoms with E-state index in [1.54, 1.807) is 18.2 Å². The van der Waals surface area contributed by atoms with E-state index in [4.69, 9.17) is 5.11 Å². The maximum atomic E-state index is 12.4. The van der Waals surface area contributed by atoms with Crippen molar-refractivity contribution in [2.75, 3.05) is 0 Å². The van der Waals surface area contributed by atoms with Crippen molar-refractivity contribution in [3.8, 4) is 0 Å². The van der Waals surface area contributed by atoms with Crippen LogP contribution in [0.3, 0.4) is 0 Å². The van der Waals surface area contributed by atoms with Gasteiger partial charge in [-0.05, 0) is 28.1 Å². The summed E-state index contributed by atoms with van der Waals surface area (Å²) in [5.74, 6) is -3.09. The minimum atomic E-state index is -1.31. The monoisotopic (exact) mass is 348 g/mol. The Morgan fingerprint density at radius 2 is 1.48 bits per heavy atom. The van der Waals surface area contributed by atoms with E-state index >= 15 is 0 Å². The molecule has 0 radical (unpaired) electrons. The van der Waals surface area contributed by atoms with Gasteiger partial charge in [-0.15, -0.1) is 0 Å². The summed E-state index contributed by atoms with van der Waals surface area (Å²) in [6.45, 7) is 0.